The highest BCUT2D eigenvalue weighted by Crippen LogP contribution is 2.18. The fourth-order valence-electron chi connectivity index (χ4n) is 2.27. The number of rotatable bonds is 1. The number of hydrogen-bond acceptors (Lipinski definition) is 3. The molecule has 1 N–H and O–H groups in total. The normalized spacial score (nSPS) is 25.1. The van der Waals surface area contributed by atoms with Gasteiger partial charge < -0.3 is 10.2 Å². The minimum Gasteiger partial charge on any atom is -0.370 e. The van der Waals surface area contributed by atoms with Crippen LogP contribution < -0.4 is 10.2 Å². The van der Waals surface area contributed by atoms with Gasteiger partial charge >= 0.3 is 0 Å². The van der Waals surface area contributed by atoms with Crippen molar-refractivity contribution in [2.45, 2.75) is 19.9 Å². The van der Waals surface area contributed by atoms with Crippen LogP contribution in [-0.4, -0.2) is 25.7 Å². The zero-order chi connectivity index (χ0) is 12.3. The SMILES string of the molecule is CC1CNC(C)CN(c2ccc(C#N)cc2)C1. The molecule has 1 aromatic carbocycles. The first-order valence-corrected chi connectivity index (χ1v) is 6.17. The van der Waals surface area contributed by atoms with E-state index in [4.69, 9.17) is 5.26 Å². The molecule has 2 rings (SSSR count). The average Bonchev–Trinajstić information content (AvgIpc) is 2.51. The second kappa shape index (κ2) is 5.20. The molecule has 0 amide bonds. The Kier molecular flexibility index (Phi) is 3.65. The zero-order valence-electron chi connectivity index (χ0n) is 10.5. The van der Waals surface area contributed by atoms with Crippen LogP contribution in [0.4, 0.5) is 5.69 Å². The number of benzene rings is 1. The quantitative estimate of drug-likeness (QED) is 0.800. The molecule has 1 aromatic rings. The van der Waals surface area contributed by atoms with Crippen LogP contribution in [0.1, 0.15) is 19.4 Å². The first-order valence-electron chi connectivity index (χ1n) is 6.17. The van der Waals surface area contributed by atoms with E-state index in [-0.39, 0.29) is 0 Å². The molecular formula is C14H19N3. The Hall–Kier alpha value is -1.53. The lowest BCUT2D eigenvalue weighted by molar-refractivity contribution is 0.525. The van der Waals surface area contributed by atoms with E-state index in [0.29, 0.717) is 12.0 Å². The van der Waals surface area contributed by atoms with Gasteiger partial charge in [-0.3, -0.25) is 0 Å². The summed E-state index contributed by atoms with van der Waals surface area (Å²) in [5.41, 5.74) is 1.94. The molecule has 1 aliphatic heterocycles. The lowest BCUT2D eigenvalue weighted by Crippen LogP contribution is -2.35. The van der Waals surface area contributed by atoms with Crippen molar-refractivity contribution in [3.05, 3.63) is 29.8 Å². The Morgan fingerprint density at radius 3 is 2.59 bits per heavy atom. The molecule has 90 valence electrons. The van der Waals surface area contributed by atoms with Gasteiger partial charge in [-0.05, 0) is 43.7 Å². The molecule has 0 saturated carbocycles. The van der Waals surface area contributed by atoms with E-state index in [9.17, 15) is 0 Å². The van der Waals surface area contributed by atoms with Crippen LogP contribution >= 0.6 is 0 Å². The van der Waals surface area contributed by atoms with Crippen LogP contribution in [0.25, 0.3) is 0 Å². The minimum atomic E-state index is 0.510. The molecule has 3 nitrogen and oxygen atoms in total. The van der Waals surface area contributed by atoms with Gasteiger partial charge in [0.25, 0.3) is 0 Å². The number of hydrogen-bond donors (Lipinski definition) is 1. The fourth-order valence-corrected chi connectivity index (χ4v) is 2.27. The number of anilines is 1. The largest absolute Gasteiger partial charge is 0.370 e. The highest BCUT2D eigenvalue weighted by atomic mass is 15.2. The standard InChI is InChI=1S/C14H19N3/c1-11-8-16-12(2)10-17(9-11)14-5-3-13(7-15)4-6-14/h3-6,11-12,16H,8-10H2,1-2H3. The van der Waals surface area contributed by atoms with E-state index >= 15 is 0 Å². The number of nitrogens with one attached hydrogen (secondary N) is 1. The number of nitrogens with zero attached hydrogens (tertiary/aromatic N) is 2. The maximum atomic E-state index is 8.79. The van der Waals surface area contributed by atoms with Gasteiger partial charge in [-0.2, -0.15) is 5.26 Å². The molecule has 0 aliphatic carbocycles. The Morgan fingerprint density at radius 1 is 1.24 bits per heavy atom. The van der Waals surface area contributed by atoms with Gasteiger partial charge in [-0.25, -0.2) is 0 Å². The third-order valence-corrected chi connectivity index (χ3v) is 3.20. The molecule has 17 heavy (non-hydrogen) atoms. The highest BCUT2D eigenvalue weighted by molar-refractivity contribution is 5.50. The van der Waals surface area contributed by atoms with E-state index in [1.807, 2.05) is 24.3 Å². The van der Waals surface area contributed by atoms with E-state index in [0.717, 1.165) is 25.2 Å². The molecular weight excluding hydrogens is 210 g/mol. The van der Waals surface area contributed by atoms with E-state index in [2.05, 4.69) is 30.1 Å². The van der Waals surface area contributed by atoms with E-state index in [1.165, 1.54) is 5.69 Å². The smallest absolute Gasteiger partial charge is 0.0991 e. The number of nitriles is 1. The summed E-state index contributed by atoms with van der Waals surface area (Å²) in [6, 6.07) is 10.5. The summed E-state index contributed by atoms with van der Waals surface area (Å²) in [5, 5.41) is 12.3. The van der Waals surface area contributed by atoms with Crippen LogP contribution in [0.5, 0.6) is 0 Å². The Morgan fingerprint density at radius 2 is 1.94 bits per heavy atom. The molecule has 1 fully saturated rings. The highest BCUT2D eigenvalue weighted by Gasteiger charge is 2.18. The zero-order valence-corrected chi connectivity index (χ0v) is 10.5. The summed E-state index contributed by atoms with van der Waals surface area (Å²) >= 11 is 0. The first kappa shape index (κ1) is 11.9. The maximum Gasteiger partial charge on any atom is 0.0991 e. The van der Waals surface area contributed by atoms with Crippen molar-refractivity contribution in [3.8, 4) is 6.07 Å². The van der Waals surface area contributed by atoms with Gasteiger partial charge in [-0.1, -0.05) is 6.92 Å². The van der Waals surface area contributed by atoms with Crippen molar-refractivity contribution in [2.75, 3.05) is 24.5 Å². The third kappa shape index (κ3) is 2.98. The van der Waals surface area contributed by atoms with Crippen molar-refractivity contribution in [2.24, 2.45) is 5.92 Å². The topological polar surface area (TPSA) is 39.1 Å². The second-order valence-corrected chi connectivity index (χ2v) is 4.98. The van der Waals surface area contributed by atoms with Gasteiger partial charge in [0.1, 0.15) is 0 Å². The molecule has 0 spiro atoms. The predicted octanol–water partition coefficient (Wildman–Crippen LogP) is 1.99. The minimum absolute atomic E-state index is 0.510. The lowest BCUT2D eigenvalue weighted by atomic mass is 10.1. The summed E-state index contributed by atoms with van der Waals surface area (Å²) in [6.45, 7) is 7.66. The molecule has 1 saturated heterocycles. The molecule has 0 radical (unpaired) electrons. The van der Waals surface area contributed by atoms with Crippen LogP contribution in [0.3, 0.4) is 0 Å². The van der Waals surface area contributed by atoms with Gasteiger partial charge in [0.15, 0.2) is 0 Å². The summed E-state index contributed by atoms with van der Waals surface area (Å²) < 4.78 is 0. The predicted molar refractivity (Wildman–Crippen MR) is 70.0 cm³/mol. The average molecular weight is 229 g/mol. The van der Waals surface area contributed by atoms with Gasteiger partial charge in [0.2, 0.25) is 0 Å². The molecule has 1 aliphatic rings. The first-order chi connectivity index (χ1) is 8.19. The summed E-state index contributed by atoms with van der Waals surface area (Å²) in [5.74, 6) is 0.649. The maximum absolute atomic E-state index is 8.79. The van der Waals surface area contributed by atoms with Crippen LogP contribution in [0.2, 0.25) is 0 Å². The van der Waals surface area contributed by atoms with Crippen molar-refractivity contribution >= 4 is 5.69 Å². The Balaban J connectivity index is 2.16. The molecule has 2 unspecified atom stereocenters. The fraction of sp³-hybridized carbons (Fsp3) is 0.500. The Labute approximate surface area is 103 Å². The van der Waals surface area contributed by atoms with E-state index in [1.54, 1.807) is 0 Å². The summed E-state index contributed by atoms with van der Waals surface area (Å²) in [6.07, 6.45) is 0. The van der Waals surface area contributed by atoms with Crippen LogP contribution in [-0.2, 0) is 0 Å². The van der Waals surface area contributed by atoms with Crippen molar-refractivity contribution in [1.82, 2.24) is 5.32 Å². The summed E-state index contributed by atoms with van der Waals surface area (Å²) in [4.78, 5) is 2.40. The summed E-state index contributed by atoms with van der Waals surface area (Å²) in [7, 11) is 0. The van der Waals surface area contributed by atoms with Crippen molar-refractivity contribution in [1.29, 1.82) is 5.26 Å². The van der Waals surface area contributed by atoms with Crippen LogP contribution in [0, 0.1) is 17.2 Å². The molecule has 3 heteroatoms. The molecule has 2 atom stereocenters. The second-order valence-electron chi connectivity index (χ2n) is 4.98. The Bertz CT molecular complexity index is 392. The third-order valence-electron chi connectivity index (χ3n) is 3.20. The van der Waals surface area contributed by atoms with E-state index < -0.39 is 0 Å². The van der Waals surface area contributed by atoms with Crippen molar-refractivity contribution in [3.63, 3.8) is 0 Å². The molecule has 1 heterocycles. The molecule has 0 bridgehead atoms. The molecule has 0 aromatic heterocycles. The monoisotopic (exact) mass is 229 g/mol. The van der Waals surface area contributed by atoms with Gasteiger partial charge in [-0.15, -0.1) is 0 Å². The van der Waals surface area contributed by atoms with Gasteiger partial charge in [0.05, 0.1) is 11.6 Å². The van der Waals surface area contributed by atoms with Crippen LogP contribution in [0.15, 0.2) is 24.3 Å². The van der Waals surface area contributed by atoms with Gasteiger partial charge in [0, 0.05) is 24.8 Å². The van der Waals surface area contributed by atoms with Crippen molar-refractivity contribution < 1.29 is 0 Å². The lowest BCUT2D eigenvalue weighted by Gasteiger charge is -2.26.